The van der Waals surface area contributed by atoms with Gasteiger partial charge < -0.3 is 4.74 Å². The van der Waals surface area contributed by atoms with Crippen LogP contribution in [0.25, 0.3) is 0 Å². The van der Waals surface area contributed by atoms with Gasteiger partial charge in [-0.2, -0.15) is 0 Å². The smallest absolute Gasteiger partial charge is 0.305 e. The number of hydrogen-bond donors (Lipinski definition) is 0. The van der Waals surface area contributed by atoms with E-state index >= 15 is 0 Å². The van der Waals surface area contributed by atoms with Crippen LogP contribution < -0.4 is 0 Å². The SMILES string of the molecule is CCOC(=O)CCCCc1ncc(C#Cc2ccc3c(c2)C(CC)(CC)CCS3)cn1. The summed E-state index contributed by atoms with van der Waals surface area (Å²) in [5.74, 6) is 8.37. The van der Waals surface area contributed by atoms with E-state index in [4.69, 9.17) is 4.74 Å². The number of ether oxygens (including phenoxy) is 1. The Labute approximate surface area is 190 Å². The van der Waals surface area contributed by atoms with Gasteiger partial charge in [0.15, 0.2) is 0 Å². The van der Waals surface area contributed by atoms with Crippen LogP contribution in [-0.4, -0.2) is 28.3 Å². The molecule has 5 heteroatoms. The molecule has 0 fully saturated rings. The fraction of sp³-hybridized carbons (Fsp3) is 0.500. The Kier molecular flexibility index (Phi) is 8.54. The predicted molar refractivity (Wildman–Crippen MR) is 126 cm³/mol. The molecule has 0 saturated carbocycles. The van der Waals surface area contributed by atoms with E-state index in [1.165, 1.54) is 35.5 Å². The Morgan fingerprint density at radius 3 is 2.55 bits per heavy atom. The van der Waals surface area contributed by atoms with Gasteiger partial charge in [-0.05, 0) is 74.0 Å². The highest BCUT2D eigenvalue weighted by Gasteiger charge is 2.33. The van der Waals surface area contributed by atoms with E-state index in [2.05, 4.69) is 53.9 Å². The number of aryl methyl sites for hydroxylation is 1. The molecule has 1 aromatic heterocycles. The Morgan fingerprint density at radius 1 is 1.10 bits per heavy atom. The first-order valence-electron chi connectivity index (χ1n) is 11.4. The number of unbranched alkanes of at least 4 members (excludes halogenated alkanes) is 1. The van der Waals surface area contributed by atoms with Gasteiger partial charge in [0.1, 0.15) is 5.82 Å². The van der Waals surface area contributed by atoms with Crippen molar-refractivity contribution in [3.63, 3.8) is 0 Å². The molecule has 0 amide bonds. The third-order valence-corrected chi connectivity index (χ3v) is 7.21. The van der Waals surface area contributed by atoms with Crippen molar-refractivity contribution in [3.05, 3.63) is 53.1 Å². The molecule has 2 aromatic rings. The minimum Gasteiger partial charge on any atom is -0.466 e. The average molecular weight is 437 g/mol. The van der Waals surface area contributed by atoms with Gasteiger partial charge in [0.05, 0.1) is 12.2 Å². The van der Waals surface area contributed by atoms with E-state index in [-0.39, 0.29) is 11.4 Å². The van der Waals surface area contributed by atoms with Gasteiger partial charge in [-0.3, -0.25) is 4.79 Å². The molecule has 31 heavy (non-hydrogen) atoms. The largest absolute Gasteiger partial charge is 0.466 e. The molecule has 0 atom stereocenters. The van der Waals surface area contributed by atoms with E-state index in [0.717, 1.165) is 36.2 Å². The molecule has 1 aliphatic heterocycles. The summed E-state index contributed by atoms with van der Waals surface area (Å²) in [5, 5.41) is 0. The van der Waals surface area contributed by atoms with Crippen molar-refractivity contribution in [2.24, 2.45) is 0 Å². The first-order valence-corrected chi connectivity index (χ1v) is 12.3. The van der Waals surface area contributed by atoms with Gasteiger partial charge in [0, 0.05) is 35.7 Å². The van der Waals surface area contributed by atoms with Gasteiger partial charge in [0.25, 0.3) is 0 Å². The lowest BCUT2D eigenvalue weighted by Crippen LogP contribution is -2.28. The van der Waals surface area contributed by atoms with E-state index in [1.54, 1.807) is 12.4 Å². The van der Waals surface area contributed by atoms with Crippen LogP contribution in [0.15, 0.2) is 35.5 Å². The van der Waals surface area contributed by atoms with Crippen LogP contribution in [0.4, 0.5) is 0 Å². The van der Waals surface area contributed by atoms with Crippen LogP contribution in [0.2, 0.25) is 0 Å². The van der Waals surface area contributed by atoms with Crippen molar-refractivity contribution >= 4 is 17.7 Å². The minimum atomic E-state index is -0.134. The van der Waals surface area contributed by atoms with Crippen molar-refractivity contribution in [3.8, 4) is 11.8 Å². The van der Waals surface area contributed by atoms with E-state index in [0.29, 0.717) is 13.0 Å². The standard InChI is InChI=1S/C26H32N2O2S/c1-4-26(5-2)15-16-31-23-14-13-20(17-22(23)26)11-12-21-18-27-24(28-19-21)9-7-8-10-25(29)30-6-3/h13-14,17-19H,4-10,15-16H2,1-3H3. The Hall–Kier alpha value is -2.32. The lowest BCUT2D eigenvalue weighted by molar-refractivity contribution is -0.143. The van der Waals surface area contributed by atoms with Crippen LogP contribution in [0.5, 0.6) is 0 Å². The fourth-order valence-corrected chi connectivity index (χ4v) is 5.41. The zero-order chi connectivity index (χ0) is 22.1. The van der Waals surface area contributed by atoms with Crippen LogP contribution in [-0.2, 0) is 21.4 Å². The first-order chi connectivity index (χ1) is 15.1. The van der Waals surface area contributed by atoms with Crippen LogP contribution in [0.1, 0.15) is 81.8 Å². The molecular weight excluding hydrogens is 404 g/mol. The van der Waals surface area contributed by atoms with Crippen LogP contribution in [0, 0.1) is 11.8 Å². The summed E-state index contributed by atoms with van der Waals surface area (Å²) < 4.78 is 4.94. The highest BCUT2D eigenvalue weighted by molar-refractivity contribution is 7.99. The van der Waals surface area contributed by atoms with Gasteiger partial charge in [0.2, 0.25) is 0 Å². The third kappa shape index (κ3) is 6.11. The Balaban J connectivity index is 1.62. The number of esters is 1. The van der Waals surface area contributed by atoms with Gasteiger partial charge >= 0.3 is 5.97 Å². The predicted octanol–water partition coefficient (Wildman–Crippen LogP) is 5.71. The highest BCUT2D eigenvalue weighted by Crippen LogP contribution is 2.46. The monoisotopic (exact) mass is 436 g/mol. The summed E-state index contributed by atoms with van der Waals surface area (Å²) in [6, 6.07) is 6.65. The zero-order valence-corrected chi connectivity index (χ0v) is 19.7. The quantitative estimate of drug-likeness (QED) is 0.302. The molecule has 0 aliphatic carbocycles. The van der Waals surface area contributed by atoms with E-state index in [9.17, 15) is 4.79 Å². The van der Waals surface area contributed by atoms with Gasteiger partial charge in [-0.25, -0.2) is 9.97 Å². The number of fused-ring (bicyclic) bond motifs is 1. The first kappa shape index (κ1) is 23.3. The number of thioether (sulfide) groups is 1. The van der Waals surface area contributed by atoms with Gasteiger partial charge in [-0.15, -0.1) is 11.8 Å². The van der Waals surface area contributed by atoms with Crippen molar-refractivity contribution < 1.29 is 9.53 Å². The molecule has 0 N–H and O–H groups in total. The molecule has 1 aromatic carbocycles. The second-order valence-electron chi connectivity index (χ2n) is 7.95. The number of carbonyl (C=O) groups is 1. The Morgan fingerprint density at radius 2 is 1.84 bits per heavy atom. The van der Waals surface area contributed by atoms with Crippen molar-refractivity contribution in [2.45, 2.75) is 76.0 Å². The van der Waals surface area contributed by atoms with Gasteiger partial charge in [-0.1, -0.05) is 25.7 Å². The molecule has 3 rings (SSSR count). The second kappa shape index (κ2) is 11.3. The highest BCUT2D eigenvalue weighted by atomic mass is 32.2. The molecule has 0 unspecified atom stereocenters. The summed E-state index contributed by atoms with van der Waals surface area (Å²) in [6.07, 6.45) is 10.0. The number of hydrogen-bond acceptors (Lipinski definition) is 5. The molecule has 2 heterocycles. The molecule has 0 saturated heterocycles. The van der Waals surface area contributed by atoms with Crippen molar-refractivity contribution in [1.29, 1.82) is 0 Å². The minimum absolute atomic E-state index is 0.134. The summed E-state index contributed by atoms with van der Waals surface area (Å²) in [6.45, 7) is 6.87. The Bertz CT molecular complexity index is 940. The maximum absolute atomic E-state index is 11.4. The average Bonchev–Trinajstić information content (AvgIpc) is 2.81. The third-order valence-electron chi connectivity index (χ3n) is 6.14. The molecule has 4 nitrogen and oxygen atoms in total. The van der Waals surface area contributed by atoms with Crippen LogP contribution in [0.3, 0.4) is 0 Å². The molecule has 0 spiro atoms. The number of nitrogens with zero attached hydrogens (tertiary/aromatic N) is 2. The normalized spacial score (nSPS) is 14.3. The lowest BCUT2D eigenvalue weighted by Gasteiger charge is -2.37. The molecular formula is C26H32N2O2S. The van der Waals surface area contributed by atoms with Crippen molar-refractivity contribution in [1.82, 2.24) is 9.97 Å². The maximum Gasteiger partial charge on any atom is 0.305 e. The summed E-state index contributed by atoms with van der Waals surface area (Å²) in [7, 11) is 0. The number of carbonyl (C=O) groups excluding carboxylic acids is 1. The molecule has 0 bridgehead atoms. The van der Waals surface area contributed by atoms with Crippen molar-refractivity contribution in [2.75, 3.05) is 12.4 Å². The van der Waals surface area contributed by atoms with E-state index < -0.39 is 0 Å². The number of benzene rings is 1. The summed E-state index contributed by atoms with van der Waals surface area (Å²) in [4.78, 5) is 21.6. The molecule has 1 aliphatic rings. The van der Waals surface area contributed by atoms with E-state index in [1.807, 2.05) is 18.7 Å². The fourth-order valence-electron chi connectivity index (χ4n) is 4.10. The molecule has 164 valence electrons. The van der Waals surface area contributed by atoms with Crippen LogP contribution >= 0.6 is 11.8 Å². The second-order valence-corrected chi connectivity index (χ2v) is 9.08. The topological polar surface area (TPSA) is 52.1 Å². The summed E-state index contributed by atoms with van der Waals surface area (Å²) in [5.41, 5.74) is 3.63. The zero-order valence-electron chi connectivity index (χ0n) is 18.9. The lowest BCUT2D eigenvalue weighted by atomic mass is 9.73. The number of aromatic nitrogens is 2. The maximum atomic E-state index is 11.4. The summed E-state index contributed by atoms with van der Waals surface area (Å²) >= 11 is 1.96. The molecule has 0 radical (unpaired) electrons. The number of rotatable bonds is 8.